The molecule has 5 heteroatoms. The Labute approximate surface area is 110 Å². The third-order valence-corrected chi connectivity index (χ3v) is 3.75. The number of pyridine rings is 1. The molecule has 0 saturated carbocycles. The van der Waals surface area contributed by atoms with Gasteiger partial charge < -0.3 is 5.32 Å². The lowest BCUT2D eigenvalue weighted by Crippen LogP contribution is -2.16. The summed E-state index contributed by atoms with van der Waals surface area (Å²) in [6.07, 6.45) is 1.77. The van der Waals surface area contributed by atoms with Crippen molar-refractivity contribution in [3.63, 3.8) is 0 Å². The summed E-state index contributed by atoms with van der Waals surface area (Å²) < 4.78 is 0. The van der Waals surface area contributed by atoms with Crippen molar-refractivity contribution in [2.45, 2.75) is 19.8 Å². The summed E-state index contributed by atoms with van der Waals surface area (Å²) >= 11 is 0. The highest BCUT2D eigenvalue weighted by Crippen LogP contribution is 2.30. The summed E-state index contributed by atoms with van der Waals surface area (Å²) in [5.74, 6) is 0. The standard InChI is InChI=1S/C14H15N3O2/c1-9-10-5-7-15-8-6-12(10)16-14-11(9)3-2-4-13(14)17(18)19/h2-4,15H,5-8H2,1H3. The Bertz CT molecular complexity index is 667. The number of non-ortho nitro benzene ring substituents is 1. The minimum absolute atomic E-state index is 0.0978. The highest BCUT2D eigenvalue weighted by atomic mass is 16.6. The molecule has 1 aliphatic heterocycles. The van der Waals surface area contributed by atoms with Crippen LogP contribution in [0.1, 0.15) is 16.8 Å². The van der Waals surface area contributed by atoms with Crippen LogP contribution in [0.4, 0.5) is 5.69 Å². The average Bonchev–Trinajstić information content (AvgIpc) is 2.63. The molecule has 0 saturated heterocycles. The maximum atomic E-state index is 11.1. The Morgan fingerprint density at radius 2 is 2.11 bits per heavy atom. The summed E-state index contributed by atoms with van der Waals surface area (Å²) in [6, 6.07) is 5.18. The molecule has 1 aliphatic rings. The molecule has 98 valence electrons. The molecule has 0 atom stereocenters. The van der Waals surface area contributed by atoms with Crippen molar-refractivity contribution in [1.29, 1.82) is 0 Å². The quantitative estimate of drug-likeness (QED) is 0.627. The highest BCUT2D eigenvalue weighted by molar-refractivity contribution is 5.90. The van der Waals surface area contributed by atoms with Gasteiger partial charge in [0.15, 0.2) is 0 Å². The smallest absolute Gasteiger partial charge is 0.295 e. The number of hydrogen-bond donors (Lipinski definition) is 1. The first kappa shape index (κ1) is 12.0. The van der Waals surface area contributed by atoms with Gasteiger partial charge >= 0.3 is 0 Å². The lowest BCUT2D eigenvalue weighted by molar-refractivity contribution is -0.383. The summed E-state index contributed by atoms with van der Waals surface area (Å²) in [7, 11) is 0. The fourth-order valence-electron chi connectivity index (χ4n) is 2.76. The van der Waals surface area contributed by atoms with E-state index in [0.29, 0.717) is 5.52 Å². The van der Waals surface area contributed by atoms with Crippen molar-refractivity contribution in [3.8, 4) is 0 Å². The number of hydrogen-bond acceptors (Lipinski definition) is 4. The molecule has 0 spiro atoms. The molecule has 0 unspecified atom stereocenters. The predicted octanol–water partition coefficient (Wildman–Crippen LogP) is 2.14. The van der Waals surface area contributed by atoms with Crippen molar-refractivity contribution in [2.24, 2.45) is 0 Å². The number of nitrogens with zero attached hydrogens (tertiary/aromatic N) is 2. The summed E-state index contributed by atoms with van der Waals surface area (Å²) in [6.45, 7) is 3.86. The van der Waals surface area contributed by atoms with Crippen LogP contribution >= 0.6 is 0 Å². The zero-order valence-corrected chi connectivity index (χ0v) is 10.8. The van der Waals surface area contributed by atoms with E-state index < -0.39 is 0 Å². The molecule has 2 heterocycles. The van der Waals surface area contributed by atoms with Crippen molar-refractivity contribution in [1.82, 2.24) is 10.3 Å². The topological polar surface area (TPSA) is 68.1 Å². The number of benzene rings is 1. The monoisotopic (exact) mass is 257 g/mol. The van der Waals surface area contributed by atoms with Crippen LogP contribution in [0.5, 0.6) is 0 Å². The molecule has 1 aromatic heterocycles. The molecule has 1 N–H and O–H groups in total. The Kier molecular flexibility index (Phi) is 2.91. The second kappa shape index (κ2) is 4.59. The van der Waals surface area contributed by atoms with Gasteiger partial charge in [0.2, 0.25) is 0 Å². The molecular weight excluding hydrogens is 242 g/mol. The number of aryl methyl sites for hydroxylation is 1. The number of nitro groups is 1. The predicted molar refractivity (Wildman–Crippen MR) is 73.4 cm³/mol. The van der Waals surface area contributed by atoms with E-state index in [0.717, 1.165) is 42.6 Å². The van der Waals surface area contributed by atoms with Crippen LogP contribution in [-0.4, -0.2) is 23.0 Å². The van der Waals surface area contributed by atoms with Gasteiger partial charge in [0.05, 0.1) is 4.92 Å². The largest absolute Gasteiger partial charge is 0.316 e. The Morgan fingerprint density at radius 3 is 2.89 bits per heavy atom. The van der Waals surface area contributed by atoms with Gasteiger partial charge in [0, 0.05) is 30.1 Å². The van der Waals surface area contributed by atoms with E-state index in [2.05, 4.69) is 10.3 Å². The van der Waals surface area contributed by atoms with Crippen molar-refractivity contribution >= 4 is 16.6 Å². The van der Waals surface area contributed by atoms with Gasteiger partial charge in [0.1, 0.15) is 5.52 Å². The van der Waals surface area contributed by atoms with Crippen molar-refractivity contribution in [3.05, 3.63) is 45.1 Å². The average molecular weight is 257 g/mol. The molecule has 3 rings (SSSR count). The number of nitrogens with one attached hydrogen (secondary N) is 1. The van der Waals surface area contributed by atoms with E-state index in [1.165, 1.54) is 11.6 Å². The molecule has 0 aliphatic carbocycles. The van der Waals surface area contributed by atoms with Gasteiger partial charge in [-0.1, -0.05) is 12.1 Å². The number of nitro benzene ring substituents is 1. The fourth-order valence-corrected chi connectivity index (χ4v) is 2.76. The first-order valence-electron chi connectivity index (χ1n) is 6.44. The normalized spacial score (nSPS) is 15.0. The van der Waals surface area contributed by atoms with Gasteiger partial charge in [0.25, 0.3) is 5.69 Å². The van der Waals surface area contributed by atoms with E-state index in [1.54, 1.807) is 6.07 Å². The number of aromatic nitrogens is 1. The summed E-state index contributed by atoms with van der Waals surface area (Å²) in [5, 5.41) is 15.4. The lowest BCUT2D eigenvalue weighted by Gasteiger charge is -2.11. The van der Waals surface area contributed by atoms with Crippen LogP contribution in [0.2, 0.25) is 0 Å². The van der Waals surface area contributed by atoms with Crippen molar-refractivity contribution < 1.29 is 4.92 Å². The van der Waals surface area contributed by atoms with E-state index in [1.807, 2.05) is 13.0 Å². The molecule has 2 aromatic rings. The van der Waals surface area contributed by atoms with Gasteiger partial charge in [-0.3, -0.25) is 10.1 Å². The van der Waals surface area contributed by atoms with Crippen LogP contribution in [0.15, 0.2) is 18.2 Å². The minimum atomic E-state index is -0.351. The second-order valence-corrected chi connectivity index (χ2v) is 4.84. The van der Waals surface area contributed by atoms with Crippen LogP contribution < -0.4 is 5.32 Å². The fraction of sp³-hybridized carbons (Fsp3) is 0.357. The Morgan fingerprint density at radius 1 is 1.32 bits per heavy atom. The van der Waals surface area contributed by atoms with Gasteiger partial charge in [-0.2, -0.15) is 0 Å². The van der Waals surface area contributed by atoms with E-state index in [-0.39, 0.29) is 10.6 Å². The molecule has 0 fully saturated rings. The number of rotatable bonds is 1. The third kappa shape index (κ3) is 1.96. The van der Waals surface area contributed by atoms with E-state index in [9.17, 15) is 10.1 Å². The van der Waals surface area contributed by atoms with E-state index >= 15 is 0 Å². The summed E-state index contributed by atoms with van der Waals surface area (Å²) in [5.41, 5.74) is 4.00. The molecule has 0 bridgehead atoms. The van der Waals surface area contributed by atoms with Gasteiger partial charge in [-0.25, -0.2) is 4.98 Å². The Hall–Kier alpha value is -2.01. The maximum Gasteiger partial charge on any atom is 0.295 e. The molecule has 19 heavy (non-hydrogen) atoms. The minimum Gasteiger partial charge on any atom is -0.316 e. The molecule has 0 amide bonds. The van der Waals surface area contributed by atoms with Gasteiger partial charge in [-0.15, -0.1) is 0 Å². The van der Waals surface area contributed by atoms with Crippen LogP contribution in [-0.2, 0) is 12.8 Å². The van der Waals surface area contributed by atoms with Crippen LogP contribution in [0.3, 0.4) is 0 Å². The van der Waals surface area contributed by atoms with Crippen molar-refractivity contribution in [2.75, 3.05) is 13.1 Å². The van der Waals surface area contributed by atoms with Crippen LogP contribution in [0, 0.1) is 17.0 Å². The van der Waals surface area contributed by atoms with E-state index in [4.69, 9.17) is 0 Å². The second-order valence-electron chi connectivity index (χ2n) is 4.84. The maximum absolute atomic E-state index is 11.1. The zero-order valence-electron chi connectivity index (χ0n) is 10.8. The molecule has 1 aromatic carbocycles. The third-order valence-electron chi connectivity index (χ3n) is 3.75. The SMILES string of the molecule is Cc1c2c(nc3c([N+](=O)[O-])cccc13)CCNCC2. The molecular formula is C14H15N3O2. The lowest BCUT2D eigenvalue weighted by atomic mass is 9.98. The van der Waals surface area contributed by atoms with Crippen LogP contribution in [0.25, 0.3) is 10.9 Å². The zero-order chi connectivity index (χ0) is 13.4. The number of para-hydroxylation sites is 1. The highest BCUT2D eigenvalue weighted by Gasteiger charge is 2.19. The molecule has 0 radical (unpaired) electrons. The first-order valence-corrected chi connectivity index (χ1v) is 6.44. The summed E-state index contributed by atoms with van der Waals surface area (Å²) in [4.78, 5) is 15.3. The molecule has 5 nitrogen and oxygen atoms in total. The number of fused-ring (bicyclic) bond motifs is 2. The van der Waals surface area contributed by atoms with Gasteiger partial charge in [-0.05, 0) is 31.0 Å². The first-order chi connectivity index (χ1) is 9.18. The Balaban J connectivity index is 2.34.